The second-order valence-corrected chi connectivity index (χ2v) is 13.3. The molecule has 13 N–H and O–H groups in total. The van der Waals surface area contributed by atoms with Crippen LogP contribution in [0.4, 0.5) is 0 Å². The van der Waals surface area contributed by atoms with Gasteiger partial charge in [-0.15, -0.1) is 5.10 Å². The Morgan fingerprint density at radius 2 is 1.52 bits per heavy atom. The zero-order valence-corrected chi connectivity index (χ0v) is 29.3. The van der Waals surface area contributed by atoms with Gasteiger partial charge in [-0.25, -0.2) is 4.68 Å². The Bertz CT molecular complexity index is 1220. The third-order valence-corrected chi connectivity index (χ3v) is 7.65. The number of carbonyl (C=O) groups excluding carboxylic acids is 5. The zero-order chi connectivity index (χ0) is 36.4. The molecule has 0 aliphatic carbocycles. The minimum absolute atomic E-state index is 0.0681. The number of guanidine groups is 1. The van der Waals surface area contributed by atoms with Gasteiger partial charge in [0.1, 0.15) is 18.1 Å². The van der Waals surface area contributed by atoms with E-state index in [9.17, 15) is 29.1 Å². The van der Waals surface area contributed by atoms with Crippen molar-refractivity contribution >= 4 is 47.3 Å². The Morgan fingerprint density at radius 3 is 2.08 bits per heavy atom. The lowest BCUT2D eigenvalue weighted by atomic mass is 10.0. The first-order valence-corrected chi connectivity index (χ1v) is 17.3. The zero-order valence-electron chi connectivity index (χ0n) is 28.5. The first kappa shape index (κ1) is 42.1. The van der Waals surface area contributed by atoms with Gasteiger partial charge in [0, 0.05) is 12.6 Å². The summed E-state index contributed by atoms with van der Waals surface area (Å²) in [7, 11) is 0. The van der Waals surface area contributed by atoms with E-state index < -0.39 is 66.4 Å². The molecule has 18 nitrogen and oxygen atoms in total. The molecule has 1 aromatic rings. The number of carbonyl (C=O) groups is 5. The van der Waals surface area contributed by atoms with Crippen LogP contribution in [0.3, 0.4) is 0 Å². The number of aliphatic hydroxyl groups is 1. The molecule has 0 spiro atoms. The molecule has 1 aromatic heterocycles. The molecule has 1 heterocycles. The van der Waals surface area contributed by atoms with Gasteiger partial charge in [0.25, 0.3) is 5.91 Å². The lowest BCUT2D eigenvalue weighted by Gasteiger charge is -2.23. The van der Waals surface area contributed by atoms with Gasteiger partial charge in [-0.2, -0.15) is 11.8 Å². The molecule has 0 aliphatic rings. The van der Waals surface area contributed by atoms with Crippen molar-refractivity contribution in [2.45, 2.75) is 96.6 Å². The van der Waals surface area contributed by atoms with E-state index in [1.54, 1.807) is 11.8 Å². The molecule has 0 fully saturated rings. The van der Waals surface area contributed by atoms with Gasteiger partial charge >= 0.3 is 0 Å². The summed E-state index contributed by atoms with van der Waals surface area (Å²) >= 11 is 1.55. The van der Waals surface area contributed by atoms with Crippen molar-refractivity contribution in [3.63, 3.8) is 0 Å². The van der Waals surface area contributed by atoms with Gasteiger partial charge in [-0.05, 0) is 55.9 Å². The summed E-state index contributed by atoms with van der Waals surface area (Å²) in [6.07, 6.45) is 4.98. The Kier molecular flexibility index (Phi) is 19.1. The van der Waals surface area contributed by atoms with Crippen LogP contribution in [0.15, 0.2) is 11.2 Å². The minimum Gasteiger partial charge on any atom is -0.394 e. The molecule has 5 atom stereocenters. The molecule has 19 heteroatoms. The van der Waals surface area contributed by atoms with Crippen molar-refractivity contribution in [2.24, 2.45) is 39.8 Å². The van der Waals surface area contributed by atoms with E-state index in [2.05, 4.69) is 36.6 Å². The molecule has 0 aliphatic heterocycles. The lowest BCUT2D eigenvalue weighted by Crippen LogP contribution is -2.55. The predicted octanol–water partition coefficient (Wildman–Crippen LogP) is -2.47. The van der Waals surface area contributed by atoms with Crippen molar-refractivity contribution in [1.29, 1.82) is 0 Å². The molecular weight excluding hydrogens is 644 g/mol. The summed E-state index contributed by atoms with van der Waals surface area (Å²) in [6.45, 7) is 7.28. The van der Waals surface area contributed by atoms with E-state index in [0.717, 1.165) is 0 Å². The quantitative estimate of drug-likeness (QED) is 0.0326. The molecule has 0 unspecified atom stereocenters. The van der Waals surface area contributed by atoms with Crippen molar-refractivity contribution in [2.75, 3.05) is 25.2 Å². The molecule has 0 aromatic carbocycles. The standard InChI is InChI=1S/C29H54N12O6S/c1-16(2)11-19(30)25(44)38-23(15-42)28(47)35-18(8-10-48-5)13-41-14-22(39-40-41)27(46)36-20(7-6-9-34-29(32)33)26(45)37-21(24(31)43)12-17(3)4/h14,16-21,23,42H,6-13,15,30H2,1-5H3,(H2,31,43)(H,35,47)(H,36,46)(H,37,45)(H,38,44)(H4,32,33,34)/t18-,19-,20-,21-,23-/m0/s1. The number of nitrogens with two attached hydrogens (primary N) is 4. The minimum atomic E-state index is -1.21. The van der Waals surface area contributed by atoms with Crippen LogP contribution in [-0.2, 0) is 25.7 Å². The number of aromatic nitrogens is 3. The first-order chi connectivity index (χ1) is 22.6. The number of primary amides is 1. The fourth-order valence-corrected chi connectivity index (χ4v) is 5.09. The highest BCUT2D eigenvalue weighted by molar-refractivity contribution is 7.98. The van der Waals surface area contributed by atoms with Crippen LogP contribution in [0, 0.1) is 11.8 Å². The Labute approximate surface area is 285 Å². The number of nitrogens with zero attached hydrogens (tertiary/aromatic N) is 4. The summed E-state index contributed by atoms with van der Waals surface area (Å²) in [4.78, 5) is 67.7. The van der Waals surface area contributed by atoms with Crippen LogP contribution in [0.5, 0.6) is 0 Å². The summed E-state index contributed by atoms with van der Waals surface area (Å²) in [5.41, 5.74) is 22.1. The maximum Gasteiger partial charge on any atom is 0.274 e. The second-order valence-electron chi connectivity index (χ2n) is 12.4. The summed E-state index contributed by atoms with van der Waals surface area (Å²) in [5, 5.41) is 28.3. The molecule has 5 amide bonds. The summed E-state index contributed by atoms with van der Waals surface area (Å²) in [5.74, 6) is -2.37. The van der Waals surface area contributed by atoms with Crippen LogP contribution in [0.1, 0.15) is 70.3 Å². The third kappa shape index (κ3) is 16.2. The van der Waals surface area contributed by atoms with Gasteiger partial charge in [0.05, 0.1) is 25.4 Å². The van der Waals surface area contributed by atoms with Crippen molar-refractivity contribution in [3.8, 4) is 0 Å². The number of hydrogen-bond donors (Lipinski definition) is 9. The molecule has 0 saturated heterocycles. The number of rotatable bonds is 23. The summed E-state index contributed by atoms with van der Waals surface area (Å²) < 4.78 is 1.37. The van der Waals surface area contributed by atoms with Gasteiger partial charge in [0.2, 0.25) is 23.6 Å². The topological polar surface area (TPSA) is 301 Å². The molecule has 48 heavy (non-hydrogen) atoms. The summed E-state index contributed by atoms with van der Waals surface area (Å²) in [6, 6.07) is -4.54. The highest BCUT2D eigenvalue weighted by Gasteiger charge is 2.28. The van der Waals surface area contributed by atoms with Gasteiger partial charge in [-0.3, -0.25) is 29.0 Å². The highest BCUT2D eigenvalue weighted by Crippen LogP contribution is 2.09. The molecule has 272 valence electrons. The Hall–Kier alpha value is -3.97. The normalized spacial score (nSPS) is 14.4. The van der Waals surface area contributed by atoms with Crippen molar-refractivity contribution < 1.29 is 29.1 Å². The van der Waals surface area contributed by atoms with Crippen LogP contribution >= 0.6 is 11.8 Å². The molecular formula is C29H54N12O6S. The number of aliphatic hydroxyl groups excluding tert-OH is 1. The number of nitrogens with one attached hydrogen (secondary N) is 4. The SMILES string of the molecule is CSCC[C@@H](Cn1cc(C(=O)N[C@@H](CCCN=C(N)N)C(=O)N[C@@H](CC(C)C)C(N)=O)nn1)NC(=O)[C@H](CO)NC(=O)[C@@H](N)CC(C)C. The molecule has 0 radical (unpaired) electrons. The maximum atomic E-state index is 13.2. The third-order valence-electron chi connectivity index (χ3n) is 7.01. The van der Waals surface area contributed by atoms with E-state index in [-0.39, 0.29) is 43.0 Å². The lowest BCUT2D eigenvalue weighted by molar-refractivity contribution is -0.131. The number of thioether (sulfide) groups is 1. The fraction of sp³-hybridized carbons (Fsp3) is 0.724. The average molecular weight is 699 g/mol. The Morgan fingerprint density at radius 1 is 0.896 bits per heavy atom. The van der Waals surface area contributed by atoms with E-state index >= 15 is 0 Å². The van der Waals surface area contributed by atoms with Crippen LogP contribution in [-0.4, -0.2) is 111 Å². The number of amides is 5. The van der Waals surface area contributed by atoms with Gasteiger partial charge < -0.3 is 49.3 Å². The van der Waals surface area contributed by atoms with Gasteiger partial charge in [0.15, 0.2) is 11.7 Å². The van der Waals surface area contributed by atoms with Crippen molar-refractivity contribution in [1.82, 2.24) is 36.3 Å². The number of aliphatic imine (C=N–C) groups is 1. The van der Waals surface area contributed by atoms with Crippen molar-refractivity contribution in [3.05, 3.63) is 11.9 Å². The monoisotopic (exact) mass is 698 g/mol. The fourth-order valence-electron chi connectivity index (χ4n) is 4.57. The van der Waals surface area contributed by atoms with E-state index in [1.165, 1.54) is 10.9 Å². The predicted molar refractivity (Wildman–Crippen MR) is 183 cm³/mol. The smallest absolute Gasteiger partial charge is 0.274 e. The largest absolute Gasteiger partial charge is 0.394 e. The van der Waals surface area contributed by atoms with E-state index in [1.807, 2.05) is 34.0 Å². The Balaban J connectivity index is 3.03. The average Bonchev–Trinajstić information content (AvgIpc) is 3.47. The maximum absolute atomic E-state index is 13.2. The van der Waals surface area contributed by atoms with Crippen LogP contribution < -0.4 is 44.2 Å². The van der Waals surface area contributed by atoms with E-state index in [0.29, 0.717) is 31.4 Å². The molecule has 0 saturated carbocycles. The first-order valence-electron chi connectivity index (χ1n) is 15.9. The highest BCUT2D eigenvalue weighted by atomic mass is 32.2. The number of hydrogen-bond acceptors (Lipinski definition) is 11. The van der Waals surface area contributed by atoms with E-state index in [4.69, 9.17) is 22.9 Å². The van der Waals surface area contributed by atoms with Gasteiger partial charge in [-0.1, -0.05) is 32.9 Å². The molecule has 0 bridgehead atoms. The molecule has 1 rings (SSSR count). The van der Waals surface area contributed by atoms with Crippen LogP contribution in [0.2, 0.25) is 0 Å². The second kappa shape index (κ2) is 21.8. The van der Waals surface area contributed by atoms with Crippen LogP contribution in [0.25, 0.3) is 0 Å².